The van der Waals surface area contributed by atoms with Gasteiger partial charge in [-0.2, -0.15) is 0 Å². The van der Waals surface area contributed by atoms with Crippen LogP contribution in [0.2, 0.25) is 0 Å². The predicted molar refractivity (Wildman–Crippen MR) is 80.1 cm³/mol. The molecule has 0 fully saturated rings. The highest BCUT2D eigenvalue weighted by atomic mass is 16.5. The smallest absolute Gasteiger partial charge is 0.257 e. The van der Waals surface area contributed by atoms with Crippen LogP contribution in [-0.2, 0) is 4.79 Å². The summed E-state index contributed by atoms with van der Waals surface area (Å²) in [6.07, 6.45) is 4.14. The lowest BCUT2D eigenvalue weighted by Gasteiger charge is -2.08. The van der Waals surface area contributed by atoms with Crippen molar-refractivity contribution in [2.24, 2.45) is 0 Å². The monoisotopic (exact) mass is 286 g/mol. The van der Waals surface area contributed by atoms with Crippen molar-refractivity contribution in [2.45, 2.75) is 6.42 Å². The molecule has 2 rings (SSSR count). The summed E-state index contributed by atoms with van der Waals surface area (Å²) in [5, 5.41) is 5.87. The van der Waals surface area contributed by atoms with Gasteiger partial charge < -0.3 is 15.4 Å². The molecule has 1 heterocycles. The number of hydrogen-bond donors (Lipinski definition) is 2. The fraction of sp³-hybridized carbons (Fsp3) is 0.267. The summed E-state index contributed by atoms with van der Waals surface area (Å²) in [5.41, 5.74) is 0. The van der Waals surface area contributed by atoms with E-state index < -0.39 is 0 Å². The minimum Gasteiger partial charge on any atom is -0.484 e. The molecule has 0 saturated carbocycles. The van der Waals surface area contributed by atoms with Crippen molar-refractivity contribution < 1.29 is 9.53 Å². The molecule has 0 aliphatic heterocycles. The first-order chi connectivity index (χ1) is 10.3. The molecule has 6 heteroatoms. The third kappa shape index (κ3) is 5.90. The molecule has 0 saturated heterocycles. The van der Waals surface area contributed by atoms with Gasteiger partial charge in [-0.25, -0.2) is 9.97 Å². The summed E-state index contributed by atoms with van der Waals surface area (Å²) >= 11 is 0. The highest BCUT2D eigenvalue weighted by molar-refractivity contribution is 5.77. The Kier molecular flexibility index (Phi) is 6.00. The molecule has 0 radical (unpaired) electrons. The van der Waals surface area contributed by atoms with Crippen LogP contribution in [0.25, 0.3) is 0 Å². The Balaban J connectivity index is 1.53. The minimum absolute atomic E-state index is 0.0270. The topological polar surface area (TPSA) is 76.1 Å². The molecule has 0 atom stereocenters. The first-order valence-corrected chi connectivity index (χ1v) is 6.80. The van der Waals surface area contributed by atoms with Crippen LogP contribution in [0.15, 0.2) is 48.8 Å². The summed E-state index contributed by atoms with van der Waals surface area (Å²) in [6, 6.07) is 11.0. The molecule has 0 unspecified atom stereocenters. The zero-order valence-corrected chi connectivity index (χ0v) is 11.7. The average Bonchev–Trinajstić information content (AvgIpc) is 2.54. The number of anilines is 1. The van der Waals surface area contributed by atoms with Gasteiger partial charge in [0.15, 0.2) is 6.61 Å². The van der Waals surface area contributed by atoms with Gasteiger partial charge in [0.1, 0.15) is 5.75 Å². The van der Waals surface area contributed by atoms with Crippen molar-refractivity contribution in [1.82, 2.24) is 15.3 Å². The number of benzene rings is 1. The molecule has 1 aromatic carbocycles. The summed E-state index contributed by atoms with van der Waals surface area (Å²) < 4.78 is 5.35. The van der Waals surface area contributed by atoms with Crippen LogP contribution in [0.5, 0.6) is 5.75 Å². The van der Waals surface area contributed by atoms with E-state index in [1.165, 1.54) is 0 Å². The van der Waals surface area contributed by atoms with E-state index in [4.69, 9.17) is 4.74 Å². The Hall–Kier alpha value is -2.63. The summed E-state index contributed by atoms with van der Waals surface area (Å²) in [7, 11) is 0. The molecule has 1 aromatic heterocycles. The molecule has 0 aliphatic carbocycles. The van der Waals surface area contributed by atoms with Gasteiger partial charge in [0.05, 0.1) is 0 Å². The number of para-hydroxylation sites is 1. The Morgan fingerprint density at radius 3 is 2.57 bits per heavy atom. The summed E-state index contributed by atoms with van der Waals surface area (Å²) in [4.78, 5) is 19.7. The fourth-order valence-corrected chi connectivity index (χ4v) is 1.62. The first kappa shape index (κ1) is 14.8. The molecule has 0 bridgehead atoms. The van der Waals surface area contributed by atoms with Crippen molar-refractivity contribution >= 4 is 11.9 Å². The Labute approximate surface area is 123 Å². The van der Waals surface area contributed by atoms with E-state index >= 15 is 0 Å². The van der Waals surface area contributed by atoms with Gasteiger partial charge in [-0.1, -0.05) is 18.2 Å². The molecule has 110 valence electrons. The second-order valence-electron chi connectivity index (χ2n) is 4.30. The third-order valence-electron chi connectivity index (χ3n) is 2.64. The van der Waals surface area contributed by atoms with Crippen LogP contribution in [0.3, 0.4) is 0 Å². The number of ether oxygens (including phenoxy) is 1. The van der Waals surface area contributed by atoms with Crippen molar-refractivity contribution in [2.75, 3.05) is 25.0 Å². The maximum absolute atomic E-state index is 11.6. The van der Waals surface area contributed by atoms with Crippen LogP contribution in [-0.4, -0.2) is 35.6 Å². The van der Waals surface area contributed by atoms with Gasteiger partial charge in [0, 0.05) is 25.5 Å². The summed E-state index contributed by atoms with van der Waals surface area (Å²) in [5.74, 6) is 1.15. The van der Waals surface area contributed by atoms with Crippen LogP contribution in [0.1, 0.15) is 6.42 Å². The largest absolute Gasteiger partial charge is 0.484 e. The number of hydrogen-bond acceptors (Lipinski definition) is 5. The number of rotatable bonds is 8. The number of nitrogens with one attached hydrogen (secondary N) is 2. The van der Waals surface area contributed by atoms with Crippen LogP contribution in [0, 0.1) is 0 Å². The second kappa shape index (κ2) is 8.52. The maximum atomic E-state index is 11.6. The molecule has 0 spiro atoms. The van der Waals surface area contributed by atoms with Crippen molar-refractivity contribution in [3.8, 4) is 5.75 Å². The van der Waals surface area contributed by atoms with E-state index in [9.17, 15) is 4.79 Å². The number of carbonyl (C=O) groups excluding carboxylic acids is 1. The summed E-state index contributed by atoms with van der Waals surface area (Å²) in [6.45, 7) is 1.31. The quantitative estimate of drug-likeness (QED) is 0.719. The van der Waals surface area contributed by atoms with Crippen molar-refractivity contribution in [1.29, 1.82) is 0 Å². The van der Waals surface area contributed by atoms with Crippen LogP contribution >= 0.6 is 0 Å². The van der Waals surface area contributed by atoms with Crippen molar-refractivity contribution in [3.63, 3.8) is 0 Å². The standard InChI is InChI=1S/C15H18N4O2/c20-14(12-21-13-6-2-1-3-7-13)16-8-4-9-17-15-18-10-5-11-19-15/h1-3,5-7,10-11H,4,8-9,12H2,(H,16,20)(H,17,18,19). The number of amides is 1. The molecule has 21 heavy (non-hydrogen) atoms. The van der Waals surface area contributed by atoms with E-state index in [1.807, 2.05) is 30.3 Å². The van der Waals surface area contributed by atoms with Gasteiger partial charge in [-0.15, -0.1) is 0 Å². The SMILES string of the molecule is O=C(COc1ccccc1)NCCCNc1ncccn1. The Bertz CT molecular complexity index is 534. The second-order valence-corrected chi connectivity index (χ2v) is 4.30. The number of aromatic nitrogens is 2. The highest BCUT2D eigenvalue weighted by Gasteiger charge is 2.01. The minimum atomic E-state index is -0.130. The fourth-order valence-electron chi connectivity index (χ4n) is 1.62. The molecule has 2 N–H and O–H groups in total. The van der Waals surface area contributed by atoms with Crippen molar-refractivity contribution in [3.05, 3.63) is 48.8 Å². The Morgan fingerprint density at radius 2 is 1.81 bits per heavy atom. The van der Waals surface area contributed by atoms with E-state index in [0.717, 1.165) is 6.42 Å². The zero-order valence-electron chi connectivity index (χ0n) is 11.7. The Morgan fingerprint density at radius 1 is 1.05 bits per heavy atom. The molecule has 0 aliphatic rings. The van der Waals surface area contributed by atoms with Gasteiger partial charge in [0.2, 0.25) is 5.95 Å². The van der Waals surface area contributed by atoms with E-state index in [2.05, 4.69) is 20.6 Å². The van der Waals surface area contributed by atoms with E-state index in [1.54, 1.807) is 18.5 Å². The maximum Gasteiger partial charge on any atom is 0.257 e. The molecule has 6 nitrogen and oxygen atoms in total. The molecule has 2 aromatic rings. The molecular formula is C15H18N4O2. The zero-order chi connectivity index (χ0) is 14.8. The van der Waals surface area contributed by atoms with Gasteiger partial charge in [-0.05, 0) is 24.6 Å². The van der Waals surface area contributed by atoms with Gasteiger partial charge in [-0.3, -0.25) is 4.79 Å². The van der Waals surface area contributed by atoms with Crippen LogP contribution < -0.4 is 15.4 Å². The average molecular weight is 286 g/mol. The highest BCUT2D eigenvalue weighted by Crippen LogP contribution is 2.07. The normalized spacial score (nSPS) is 9.90. The lowest BCUT2D eigenvalue weighted by molar-refractivity contribution is -0.123. The van der Waals surface area contributed by atoms with Gasteiger partial charge >= 0.3 is 0 Å². The number of carbonyl (C=O) groups is 1. The third-order valence-corrected chi connectivity index (χ3v) is 2.64. The predicted octanol–water partition coefficient (Wildman–Crippen LogP) is 1.47. The lowest BCUT2D eigenvalue weighted by atomic mass is 10.3. The molecule has 1 amide bonds. The lowest BCUT2D eigenvalue weighted by Crippen LogP contribution is -2.30. The van der Waals surface area contributed by atoms with E-state index in [-0.39, 0.29) is 12.5 Å². The van der Waals surface area contributed by atoms with E-state index in [0.29, 0.717) is 24.8 Å². The molecular weight excluding hydrogens is 268 g/mol. The number of nitrogens with zero attached hydrogens (tertiary/aromatic N) is 2. The van der Waals surface area contributed by atoms with Crippen LogP contribution in [0.4, 0.5) is 5.95 Å². The van der Waals surface area contributed by atoms with Gasteiger partial charge in [0.25, 0.3) is 5.91 Å². The first-order valence-electron chi connectivity index (χ1n) is 6.80.